The average Bonchev–Trinajstić information content (AvgIpc) is 3.01. The van der Waals surface area contributed by atoms with Crippen LogP contribution in [0.5, 0.6) is 0 Å². The third-order valence-electron chi connectivity index (χ3n) is 3.44. The van der Waals surface area contributed by atoms with Crippen molar-refractivity contribution in [2.24, 2.45) is 11.8 Å². The quantitative estimate of drug-likeness (QED) is 0.487. The summed E-state index contributed by atoms with van der Waals surface area (Å²) in [6.07, 6.45) is 23.2. The molecular formula is C16H20Cl2Zr. The third-order valence-corrected chi connectivity index (χ3v) is 3.44. The van der Waals surface area contributed by atoms with Crippen molar-refractivity contribution in [3.63, 3.8) is 0 Å². The smallest absolute Gasteiger partial charge is 1.00 e. The molecule has 19 heavy (non-hydrogen) atoms. The van der Waals surface area contributed by atoms with Crippen LogP contribution in [0.1, 0.15) is 32.6 Å². The monoisotopic (exact) mass is 372 g/mol. The molecule has 0 heterocycles. The van der Waals surface area contributed by atoms with Gasteiger partial charge in [0.05, 0.1) is 0 Å². The van der Waals surface area contributed by atoms with Gasteiger partial charge in [0, 0.05) is 0 Å². The second-order valence-corrected chi connectivity index (χ2v) is 4.60. The Morgan fingerprint density at radius 3 is 2.53 bits per heavy atom. The Morgan fingerprint density at radius 1 is 1.26 bits per heavy atom. The van der Waals surface area contributed by atoms with Crippen molar-refractivity contribution in [2.45, 2.75) is 32.6 Å². The van der Waals surface area contributed by atoms with Crippen molar-refractivity contribution >= 4 is 0 Å². The van der Waals surface area contributed by atoms with E-state index in [0.29, 0.717) is 0 Å². The number of halogens is 2. The summed E-state index contributed by atoms with van der Waals surface area (Å²) < 4.78 is 0. The van der Waals surface area contributed by atoms with Crippen LogP contribution in [0, 0.1) is 24.3 Å². The van der Waals surface area contributed by atoms with Crippen LogP contribution in [0.25, 0.3) is 0 Å². The van der Waals surface area contributed by atoms with Crippen molar-refractivity contribution in [1.29, 1.82) is 0 Å². The molecule has 0 bridgehead atoms. The Labute approximate surface area is 149 Å². The first-order valence-corrected chi connectivity index (χ1v) is 6.33. The van der Waals surface area contributed by atoms with Crippen molar-refractivity contribution in [2.75, 3.05) is 0 Å². The van der Waals surface area contributed by atoms with Gasteiger partial charge in [0.1, 0.15) is 0 Å². The molecule has 0 N–H and O–H groups in total. The summed E-state index contributed by atoms with van der Waals surface area (Å²) in [6.45, 7) is 2.28. The minimum Gasteiger partial charge on any atom is -1.00 e. The number of hydrogen-bond donors (Lipinski definition) is 0. The molecule has 2 unspecified atom stereocenters. The Morgan fingerprint density at radius 2 is 2.05 bits per heavy atom. The zero-order valence-electron chi connectivity index (χ0n) is 11.3. The number of rotatable bonds is 1. The number of fused-ring (bicyclic) bond motifs is 1. The van der Waals surface area contributed by atoms with Crippen molar-refractivity contribution < 1.29 is 51.0 Å². The van der Waals surface area contributed by atoms with Gasteiger partial charge in [-0.2, -0.15) is 6.08 Å². The molecule has 0 aliphatic heterocycles. The van der Waals surface area contributed by atoms with Gasteiger partial charge in [0.25, 0.3) is 0 Å². The van der Waals surface area contributed by atoms with Crippen molar-refractivity contribution in [3.8, 4) is 0 Å². The van der Waals surface area contributed by atoms with Crippen LogP contribution in [0.3, 0.4) is 0 Å². The summed E-state index contributed by atoms with van der Waals surface area (Å²) in [6, 6.07) is 0. The maximum atomic E-state index is 2.99. The van der Waals surface area contributed by atoms with Gasteiger partial charge in [-0.25, -0.2) is 30.2 Å². The normalized spacial score (nSPS) is 24.6. The second kappa shape index (κ2) is 12.1. The van der Waals surface area contributed by atoms with E-state index in [1.54, 1.807) is 5.57 Å². The van der Waals surface area contributed by atoms with Gasteiger partial charge in [-0.15, -0.1) is 18.6 Å². The molecule has 3 aliphatic rings. The van der Waals surface area contributed by atoms with Crippen LogP contribution in [0.15, 0.2) is 42.0 Å². The van der Waals surface area contributed by atoms with E-state index in [1.165, 1.54) is 19.3 Å². The van der Waals surface area contributed by atoms with Crippen LogP contribution in [-0.2, 0) is 26.2 Å². The molecule has 3 aliphatic carbocycles. The van der Waals surface area contributed by atoms with Gasteiger partial charge >= 0.3 is 26.2 Å². The van der Waals surface area contributed by atoms with Crippen LogP contribution in [-0.4, -0.2) is 0 Å². The van der Waals surface area contributed by atoms with Crippen molar-refractivity contribution in [1.82, 2.24) is 0 Å². The van der Waals surface area contributed by atoms with Gasteiger partial charge in [-0.1, -0.05) is 25.7 Å². The summed E-state index contributed by atoms with van der Waals surface area (Å²) in [5.41, 5.74) is 1.60. The van der Waals surface area contributed by atoms with Gasteiger partial charge < -0.3 is 24.8 Å². The maximum absolute atomic E-state index is 2.99. The SMILES string of the molecule is CCC1[CH-]C2=CC=CCC2C1.[C-]1=CC=CC1.[Cl-].[Cl-].[Zr+4]. The molecule has 0 aromatic rings. The fourth-order valence-corrected chi connectivity index (χ4v) is 2.45. The molecule has 102 valence electrons. The fourth-order valence-electron chi connectivity index (χ4n) is 2.45. The number of allylic oxidation sites excluding steroid dienone is 8. The Kier molecular flexibility index (Phi) is 13.7. The zero-order valence-corrected chi connectivity index (χ0v) is 15.3. The molecule has 3 heteroatoms. The second-order valence-electron chi connectivity index (χ2n) is 4.60. The number of hydrogen-bond acceptors (Lipinski definition) is 0. The summed E-state index contributed by atoms with van der Waals surface area (Å²) in [5.74, 6) is 1.73. The molecule has 3 rings (SSSR count). The standard InChI is InChI=1S/C11H15.C5H5.2ClH.Zr/c1-2-9-7-10-5-3-4-6-11(10)8-9;1-2-4-5-3-1;;;/h3-5,7,9,11H,2,6,8H2,1H3;1-3H,4H2;2*1H;/q2*-1;;;+4/p-2. The average molecular weight is 374 g/mol. The summed E-state index contributed by atoms with van der Waals surface area (Å²) in [7, 11) is 0. The predicted octanol–water partition coefficient (Wildman–Crippen LogP) is -1.57. The van der Waals surface area contributed by atoms with Crippen LogP contribution in [0.2, 0.25) is 0 Å². The van der Waals surface area contributed by atoms with E-state index >= 15 is 0 Å². The largest absolute Gasteiger partial charge is 4.00 e. The Hall–Kier alpha value is 0.293. The first-order valence-electron chi connectivity index (χ1n) is 6.33. The van der Waals surface area contributed by atoms with E-state index in [9.17, 15) is 0 Å². The minimum absolute atomic E-state index is 0. The van der Waals surface area contributed by atoms with Crippen molar-refractivity contribution in [3.05, 3.63) is 54.5 Å². The minimum atomic E-state index is 0. The molecule has 1 fully saturated rings. The summed E-state index contributed by atoms with van der Waals surface area (Å²) in [4.78, 5) is 0. The van der Waals surface area contributed by atoms with E-state index in [-0.39, 0.29) is 51.0 Å². The van der Waals surface area contributed by atoms with Gasteiger partial charge in [-0.3, -0.25) is 6.08 Å². The van der Waals surface area contributed by atoms with E-state index in [4.69, 9.17) is 0 Å². The first-order chi connectivity index (χ1) is 7.90. The Balaban J connectivity index is 0. The molecule has 0 amide bonds. The predicted molar refractivity (Wildman–Crippen MR) is 69.6 cm³/mol. The topological polar surface area (TPSA) is 0 Å². The first kappa shape index (κ1) is 21.6. The van der Waals surface area contributed by atoms with Crippen LogP contribution < -0.4 is 24.8 Å². The molecule has 0 radical (unpaired) electrons. The molecule has 0 nitrogen and oxygen atoms in total. The van der Waals surface area contributed by atoms with E-state index < -0.39 is 0 Å². The molecule has 0 aromatic heterocycles. The van der Waals surface area contributed by atoms with Gasteiger partial charge in [0.2, 0.25) is 0 Å². The van der Waals surface area contributed by atoms with E-state index in [1.807, 2.05) is 12.2 Å². The van der Waals surface area contributed by atoms with Gasteiger partial charge in [0.15, 0.2) is 0 Å². The molecule has 0 aromatic carbocycles. The Bertz CT molecular complexity index is 333. The van der Waals surface area contributed by atoms with E-state index in [0.717, 1.165) is 18.3 Å². The van der Waals surface area contributed by atoms with E-state index in [2.05, 4.69) is 43.7 Å². The zero-order chi connectivity index (χ0) is 11.2. The fraction of sp³-hybridized carbons (Fsp3) is 0.438. The molecule has 1 saturated carbocycles. The summed E-state index contributed by atoms with van der Waals surface area (Å²) >= 11 is 0. The molecule has 0 saturated heterocycles. The van der Waals surface area contributed by atoms with Crippen LogP contribution >= 0.6 is 0 Å². The maximum Gasteiger partial charge on any atom is 4.00 e. The molecule has 0 spiro atoms. The molecule has 2 atom stereocenters. The summed E-state index contributed by atoms with van der Waals surface area (Å²) in [5, 5.41) is 0. The molecular weight excluding hydrogens is 354 g/mol. The van der Waals surface area contributed by atoms with Crippen LogP contribution in [0.4, 0.5) is 0 Å². The van der Waals surface area contributed by atoms with Gasteiger partial charge in [-0.05, 0) is 12.3 Å². The third kappa shape index (κ3) is 7.02.